The molecule has 0 bridgehead atoms. The van der Waals surface area contributed by atoms with Crippen molar-refractivity contribution in [3.8, 4) is 5.75 Å². The lowest BCUT2D eigenvalue weighted by Gasteiger charge is -2.36. The van der Waals surface area contributed by atoms with Gasteiger partial charge in [0.1, 0.15) is 48.2 Å². The number of hydrogen-bond donors (Lipinski definition) is 5. The number of likely N-dealkylation sites (N-methyl/N-ethyl adjacent to an activating group) is 2. The minimum absolute atomic E-state index is 0.0156. The van der Waals surface area contributed by atoms with E-state index in [2.05, 4.69) is 21.3 Å². The molecule has 462 valence electrons. The van der Waals surface area contributed by atoms with Crippen LogP contribution in [0.4, 0.5) is 0 Å². The van der Waals surface area contributed by atoms with Crippen LogP contribution in [0.1, 0.15) is 113 Å². The molecule has 3 heterocycles. The minimum atomic E-state index is -1.80. The highest BCUT2D eigenvalue weighted by Gasteiger charge is 2.45. The number of carbonyl (C=O) groups is 11. The maximum absolute atomic E-state index is 15.0. The van der Waals surface area contributed by atoms with Crippen molar-refractivity contribution in [2.75, 3.05) is 34.3 Å². The van der Waals surface area contributed by atoms with Gasteiger partial charge in [-0.05, 0) is 92.5 Å². The second kappa shape index (κ2) is 30.4. The smallest absolute Gasteiger partial charge is 0.329 e. The first-order valence-corrected chi connectivity index (χ1v) is 29.1. The molecule has 2 saturated heterocycles. The molecule has 23 heteroatoms. The highest BCUT2D eigenvalue weighted by Crippen LogP contribution is 2.28. The molecule has 3 aliphatic heterocycles. The lowest BCUT2D eigenvalue weighted by atomic mass is 9.91. The Bertz CT molecular complexity index is 2690. The summed E-state index contributed by atoms with van der Waals surface area (Å²) < 4.78 is 22.6. The Morgan fingerprint density at radius 2 is 1.55 bits per heavy atom. The van der Waals surface area contributed by atoms with Crippen LogP contribution in [0, 0.1) is 35.5 Å². The third kappa shape index (κ3) is 17.3. The van der Waals surface area contributed by atoms with Crippen LogP contribution in [0.3, 0.4) is 0 Å². The summed E-state index contributed by atoms with van der Waals surface area (Å²) >= 11 is 0. The molecule has 1 aliphatic carbocycles. The molecule has 1 aromatic carbocycles. The van der Waals surface area contributed by atoms with Crippen LogP contribution >= 0.6 is 0 Å². The van der Waals surface area contributed by atoms with Crippen molar-refractivity contribution in [1.29, 1.82) is 0 Å². The zero-order valence-corrected chi connectivity index (χ0v) is 50.7. The topological polar surface area (TPSA) is 303 Å². The van der Waals surface area contributed by atoms with Gasteiger partial charge < -0.3 is 60.0 Å². The number of benzene rings is 1. The summed E-state index contributed by atoms with van der Waals surface area (Å²) in [7, 11) is 4.19. The molecular formula is C61H87N7O16. The Labute approximate surface area is 492 Å². The second-order valence-electron chi connectivity index (χ2n) is 23.6. The molecule has 7 amide bonds. The van der Waals surface area contributed by atoms with Gasteiger partial charge in [0.2, 0.25) is 41.4 Å². The largest absolute Gasteiger partial charge is 0.497 e. The minimum Gasteiger partial charge on any atom is -0.497 e. The Morgan fingerprint density at radius 1 is 0.869 bits per heavy atom. The summed E-state index contributed by atoms with van der Waals surface area (Å²) in [5.74, 6) is -13.1. The van der Waals surface area contributed by atoms with Gasteiger partial charge in [-0.3, -0.25) is 47.9 Å². The molecule has 23 nitrogen and oxygen atoms in total. The van der Waals surface area contributed by atoms with E-state index in [0.29, 0.717) is 29.7 Å². The standard InChI is InChI=1S/C61H87N7O16/c1-14-35(8)50-46(69)30-49(71)84-53(34(6)7)52(72)36(9)54(73)63-42(26-32(2)3)58(77)68-25-17-19-43(68)59(78)67(12)45(28-38-21-23-40(81-13)24-22-38)61(80)82-37(10)51(57(76)64-50)65-56(75)44(27-33(4)5)66(11)48(70)31-62-55(74)41-29-39-18-15-16-20-47(39)83-60(41)79/h15-16,18,20-24,29,32-37,41-47,50-51,53,69H,14,17,19,25-28,30-31H2,1-13H3,(H,62,74)(H,63,73)(H,64,76)(H,65,75)/t35-,36-,37+,41?,42-,43-,44+,45-,46-,47?,50+,51-,53-/m0/s1. The van der Waals surface area contributed by atoms with E-state index in [1.165, 1.54) is 50.9 Å². The van der Waals surface area contributed by atoms with Crippen molar-refractivity contribution in [3.05, 3.63) is 65.8 Å². The lowest BCUT2D eigenvalue weighted by Crippen LogP contribution is -2.62. The zero-order chi connectivity index (χ0) is 62.4. The monoisotopic (exact) mass is 1170 g/mol. The fraction of sp³-hybridized carbons (Fsp3) is 0.623. The molecule has 84 heavy (non-hydrogen) atoms. The van der Waals surface area contributed by atoms with Crippen LogP contribution in [0.2, 0.25) is 0 Å². The normalized spacial score (nSPS) is 27.6. The molecule has 0 saturated carbocycles. The molecular weight excluding hydrogens is 1090 g/mol. The molecule has 0 spiro atoms. The number of nitrogens with one attached hydrogen (secondary N) is 4. The first-order chi connectivity index (χ1) is 39.6. The van der Waals surface area contributed by atoms with E-state index in [1.807, 2.05) is 13.8 Å². The average molecular weight is 1170 g/mol. The number of methoxy groups -OCH3 is 1. The van der Waals surface area contributed by atoms with Gasteiger partial charge in [-0.15, -0.1) is 0 Å². The van der Waals surface area contributed by atoms with Gasteiger partial charge in [-0.25, -0.2) is 4.79 Å². The Balaban J connectivity index is 1.56. The van der Waals surface area contributed by atoms with Crippen LogP contribution in [0.5, 0.6) is 5.75 Å². The highest BCUT2D eigenvalue weighted by atomic mass is 16.6. The number of nitrogens with zero attached hydrogens (tertiary/aromatic N) is 3. The fourth-order valence-corrected chi connectivity index (χ4v) is 10.6. The summed E-state index contributed by atoms with van der Waals surface area (Å²) in [4.78, 5) is 160. The maximum atomic E-state index is 15.0. The SMILES string of the molecule is CC[C@H](C)[C@H]1NC(=O)[C@@H](NC(=O)[C@@H](CC(C)C)N(C)C(=O)CNC(=O)C2C=C3C=CC=CC3OC2=O)[C@@H](C)OC(=O)[C@H](Cc2ccc(OC)cc2)N(C)C(=O)[C@@H]2CCCN2C(=O)[C@H](CC(C)C)NC(=O)[C@@H](C)C(=O)[C@H](C(C)C)OC(=O)C[C@@H]1O. The van der Waals surface area contributed by atoms with Gasteiger partial charge in [-0.1, -0.05) is 98.2 Å². The zero-order valence-electron chi connectivity index (χ0n) is 50.7. The van der Waals surface area contributed by atoms with Crippen LogP contribution in [-0.4, -0.2) is 180 Å². The second-order valence-corrected chi connectivity index (χ2v) is 23.6. The van der Waals surface area contributed by atoms with Crippen LogP contribution < -0.4 is 26.0 Å². The van der Waals surface area contributed by atoms with Gasteiger partial charge in [-0.2, -0.15) is 0 Å². The number of aliphatic hydroxyl groups is 1. The predicted molar refractivity (Wildman–Crippen MR) is 307 cm³/mol. The van der Waals surface area contributed by atoms with Crippen molar-refractivity contribution >= 4 is 65.0 Å². The summed E-state index contributed by atoms with van der Waals surface area (Å²) in [6.07, 6.45) is 3.00. The number of allylic oxidation sites excluding steroid dienone is 2. The number of ketones is 1. The van der Waals surface area contributed by atoms with E-state index in [0.717, 1.165) is 4.90 Å². The van der Waals surface area contributed by atoms with Gasteiger partial charge in [0.05, 0.1) is 38.1 Å². The number of amides is 7. The number of aliphatic hydroxyl groups excluding tert-OH is 1. The molecule has 4 aliphatic rings. The van der Waals surface area contributed by atoms with E-state index >= 15 is 4.79 Å². The summed E-state index contributed by atoms with van der Waals surface area (Å²) in [5.41, 5.74) is 1.14. The van der Waals surface area contributed by atoms with Crippen LogP contribution in [0.15, 0.2) is 60.2 Å². The molecule has 0 aromatic heterocycles. The average Bonchev–Trinajstić information content (AvgIpc) is 4.12. The first-order valence-electron chi connectivity index (χ1n) is 29.1. The van der Waals surface area contributed by atoms with E-state index in [-0.39, 0.29) is 44.1 Å². The number of esters is 3. The number of hydrogen-bond acceptors (Lipinski definition) is 16. The molecule has 2 unspecified atom stereocenters. The first kappa shape index (κ1) is 67.4. The highest BCUT2D eigenvalue weighted by molar-refractivity contribution is 6.05. The van der Waals surface area contributed by atoms with Gasteiger partial charge in [0, 0.05) is 27.1 Å². The third-order valence-electron chi connectivity index (χ3n) is 15.9. The molecule has 5 N–H and O–H groups in total. The van der Waals surface area contributed by atoms with E-state index in [4.69, 9.17) is 18.9 Å². The Kier molecular flexibility index (Phi) is 24.4. The maximum Gasteiger partial charge on any atom is 0.329 e. The Hall–Kier alpha value is -7.43. The van der Waals surface area contributed by atoms with Crippen LogP contribution in [0.25, 0.3) is 0 Å². The molecule has 2 fully saturated rings. The van der Waals surface area contributed by atoms with Crippen molar-refractivity contribution < 1.29 is 76.8 Å². The van der Waals surface area contributed by atoms with Crippen molar-refractivity contribution in [3.63, 3.8) is 0 Å². The van der Waals surface area contributed by atoms with Crippen LogP contribution in [-0.2, 0) is 73.4 Å². The number of rotatable bonds is 16. The molecule has 0 radical (unpaired) electrons. The van der Waals surface area contributed by atoms with E-state index in [1.54, 1.807) is 90.1 Å². The van der Waals surface area contributed by atoms with E-state index < -0.39 is 162 Å². The van der Waals surface area contributed by atoms with Crippen molar-refractivity contribution in [2.45, 2.75) is 175 Å². The van der Waals surface area contributed by atoms with Crippen molar-refractivity contribution in [1.82, 2.24) is 36.0 Å². The lowest BCUT2D eigenvalue weighted by molar-refractivity contribution is -0.163. The number of cyclic esters (lactones) is 2. The molecule has 1 aromatic rings. The third-order valence-corrected chi connectivity index (χ3v) is 15.9. The number of fused-ring (bicyclic) bond motifs is 2. The quantitative estimate of drug-likeness (QED) is 0.0903. The number of ether oxygens (including phenoxy) is 4. The molecule has 13 atom stereocenters. The number of carbonyl (C=O) groups excluding carboxylic acids is 11. The predicted octanol–water partition coefficient (Wildman–Crippen LogP) is 2.65. The van der Waals surface area contributed by atoms with Crippen molar-refractivity contribution in [2.24, 2.45) is 35.5 Å². The van der Waals surface area contributed by atoms with Gasteiger partial charge in [0.15, 0.2) is 17.8 Å². The summed E-state index contributed by atoms with van der Waals surface area (Å²) in [6, 6.07) is -1.43. The summed E-state index contributed by atoms with van der Waals surface area (Å²) in [5, 5.41) is 22.5. The Morgan fingerprint density at radius 3 is 2.17 bits per heavy atom. The van der Waals surface area contributed by atoms with Gasteiger partial charge in [0.25, 0.3) is 0 Å². The summed E-state index contributed by atoms with van der Waals surface area (Å²) in [6.45, 7) is 16.1. The van der Waals surface area contributed by atoms with Gasteiger partial charge >= 0.3 is 17.9 Å². The van der Waals surface area contributed by atoms with E-state index in [9.17, 15) is 53.1 Å². The fourth-order valence-electron chi connectivity index (χ4n) is 10.6. The molecule has 5 rings (SSSR count). The number of Topliss-reactive ketones (excluding diaryl/α,β-unsaturated/α-hetero) is 1.